The highest BCUT2D eigenvalue weighted by molar-refractivity contribution is 9.10. The molecule has 1 aliphatic rings. The molecule has 0 N–H and O–H groups in total. The van der Waals surface area contributed by atoms with Crippen LogP contribution >= 0.6 is 15.9 Å². The van der Waals surface area contributed by atoms with Crippen molar-refractivity contribution in [3.05, 3.63) is 64.3 Å². The molecule has 0 spiro atoms. The van der Waals surface area contributed by atoms with Gasteiger partial charge in [-0.25, -0.2) is 0 Å². The standard InChI is InChI=1S/C18H14BrN/c1-18(2)13-8-9-15(19)11-5-3-6-12(16(11)13)17-14(18)7-4-10-20-17/h3-10H,1-2H3. The zero-order chi connectivity index (χ0) is 13.9. The molecule has 1 nitrogen and oxygen atoms in total. The summed E-state index contributed by atoms with van der Waals surface area (Å²) >= 11 is 3.68. The summed E-state index contributed by atoms with van der Waals surface area (Å²) in [7, 11) is 0. The number of pyridine rings is 1. The Morgan fingerprint density at radius 3 is 2.65 bits per heavy atom. The average molecular weight is 324 g/mol. The van der Waals surface area contributed by atoms with Gasteiger partial charge in [0.25, 0.3) is 0 Å². The van der Waals surface area contributed by atoms with E-state index in [0.717, 1.165) is 10.2 Å². The molecule has 0 unspecified atom stereocenters. The van der Waals surface area contributed by atoms with Gasteiger partial charge in [0.1, 0.15) is 0 Å². The number of benzene rings is 2. The molecule has 0 saturated carbocycles. The van der Waals surface area contributed by atoms with E-state index in [-0.39, 0.29) is 5.41 Å². The highest BCUT2D eigenvalue weighted by Crippen LogP contribution is 2.48. The van der Waals surface area contributed by atoms with Crippen LogP contribution in [-0.4, -0.2) is 4.98 Å². The molecule has 3 aromatic rings. The fraction of sp³-hybridized carbons (Fsp3) is 0.167. The highest BCUT2D eigenvalue weighted by atomic mass is 79.9. The van der Waals surface area contributed by atoms with Crippen molar-refractivity contribution in [1.82, 2.24) is 4.98 Å². The minimum absolute atomic E-state index is 0.0170. The largest absolute Gasteiger partial charge is 0.256 e. The first-order valence-electron chi connectivity index (χ1n) is 6.78. The van der Waals surface area contributed by atoms with Crippen LogP contribution in [0.2, 0.25) is 0 Å². The molecule has 1 aromatic heterocycles. The zero-order valence-corrected chi connectivity index (χ0v) is 13.0. The minimum atomic E-state index is -0.0170. The summed E-state index contributed by atoms with van der Waals surface area (Å²) in [4.78, 5) is 4.65. The van der Waals surface area contributed by atoms with Gasteiger partial charge in [-0.3, -0.25) is 4.98 Å². The summed E-state index contributed by atoms with van der Waals surface area (Å²) in [5.41, 5.74) is 5.04. The zero-order valence-electron chi connectivity index (χ0n) is 11.4. The first kappa shape index (κ1) is 12.1. The van der Waals surface area contributed by atoms with Crippen LogP contribution in [0.5, 0.6) is 0 Å². The maximum atomic E-state index is 4.65. The predicted molar refractivity (Wildman–Crippen MR) is 87.0 cm³/mol. The van der Waals surface area contributed by atoms with Gasteiger partial charge in [0.05, 0.1) is 5.69 Å². The first-order valence-corrected chi connectivity index (χ1v) is 7.57. The molecule has 0 atom stereocenters. The second-order valence-electron chi connectivity index (χ2n) is 5.85. The molecular weight excluding hydrogens is 310 g/mol. The van der Waals surface area contributed by atoms with Crippen molar-refractivity contribution in [2.75, 3.05) is 0 Å². The second kappa shape index (κ2) is 3.92. The van der Waals surface area contributed by atoms with Crippen molar-refractivity contribution in [3.8, 4) is 11.3 Å². The number of fused-ring (bicyclic) bond motifs is 2. The topological polar surface area (TPSA) is 12.9 Å². The molecule has 2 aromatic carbocycles. The third kappa shape index (κ3) is 1.40. The highest BCUT2D eigenvalue weighted by Gasteiger charge is 2.34. The van der Waals surface area contributed by atoms with Crippen LogP contribution in [0.1, 0.15) is 25.0 Å². The van der Waals surface area contributed by atoms with Crippen LogP contribution in [-0.2, 0) is 5.41 Å². The fourth-order valence-electron chi connectivity index (χ4n) is 3.36. The van der Waals surface area contributed by atoms with E-state index in [9.17, 15) is 0 Å². The van der Waals surface area contributed by atoms with Gasteiger partial charge in [0.2, 0.25) is 0 Å². The number of hydrogen-bond acceptors (Lipinski definition) is 1. The number of aromatic nitrogens is 1. The molecule has 0 bridgehead atoms. The molecule has 0 amide bonds. The van der Waals surface area contributed by atoms with Gasteiger partial charge in [-0.15, -0.1) is 0 Å². The third-order valence-corrected chi connectivity index (χ3v) is 5.09. The van der Waals surface area contributed by atoms with Crippen LogP contribution in [0, 0.1) is 0 Å². The van der Waals surface area contributed by atoms with E-state index in [1.165, 1.54) is 27.5 Å². The summed E-state index contributed by atoms with van der Waals surface area (Å²) in [6.07, 6.45) is 1.89. The lowest BCUT2D eigenvalue weighted by molar-refractivity contribution is 0.641. The Hall–Kier alpha value is -1.67. The lowest BCUT2D eigenvalue weighted by Gasteiger charge is -2.34. The second-order valence-corrected chi connectivity index (χ2v) is 6.70. The van der Waals surface area contributed by atoms with Gasteiger partial charge in [0.15, 0.2) is 0 Å². The van der Waals surface area contributed by atoms with E-state index in [4.69, 9.17) is 0 Å². The fourth-order valence-corrected chi connectivity index (χ4v) is 3.82. The molecule has 98 valence electrons. The Bertz CT molecular complexity index is 849. The molecule has 0 saturated heterocycles. The lowest BCUT2D eigenvalue weighted by atomic mass is 9.70. The van der Waals surface area contributed by atoms with Crippen LogP contribution in [0.3, 0.4) is 0 Å². The van der Waals surface area contributed by atoms with E-state index in [0.29, 0.717) is 0 Å². The molecule has 1 heterocycles. The molecular formula is C18H14BrN. The van der Waals surface area contributed by atoms with Crippen molar-refractivity contribution in [2.45, 2.75) is 19.3 Å². The Labute approximate surface area is 126 Å². The molecule has 20 heavy (non-hydrogen) atoms. The van der Waals surface area contributed by atoms with Crippen LogP contribution in [0.4, 0.5) is 0 Å². The molecule has 4 rings (SSSR count). The van der Waals surface area contributed by atoms with E-state index < -0.39 is 0 Å². The van der Waals surface area contributed by atoms with E-state index in [2.05, 4.69) is 71.2 Å². The Morgan fingerprint density at radius 1 is 0.950 bits per heavy atom. The van der Waals surface area contributed by atoms with Gasteiger partial charge >= 0.3 is 0 Å². The number of nitrogens with zero attached hydrogens (tertiary/aromatic N) is 1. The Kier molecular flexibility index (Phi) is 2.37. The maximum Gasteiger partial charge on any atom is 0.0749 e. The lowest BCUT2D eigenvalue weighted by Crippen LogP contribution is -2.24. The van der Waals surface area contributed by atoms with Gasteiger partial charge in [0, 0.05) is 21.6 Å². The maximum absolute atomic E-state index is 4.65. The summed E-state index contributed by atoms with van der Waals surface area (Å²) in [5, 5.41) is 2.60. The van der Waals surface area contributed by atoms with E-state index >= 15 is 0 Å². The van der Waals surface area contributed by atoms with Gasteiger partial charge in [-0.1, -0.05) is 60.1 Å². The molecule has 2 heteroatoms. The summed E-state index contributed by atoms with van der Waals surface area (Å²) in [5.74, 6) is 0. The van der Waals surface area contributed by atoms with Crippen LogP contribution in [0.25, 0.3) is 22.0 Å². The quantitative estimate of drug-likeness (QED) is 0.546. The summed E-state index contributed by atoms with van der Waals surface area (Å²) in [6.45, 7) is 4.57. The number of hydrogen-bond donors (Lipinski definition) is 0. The predicted octanol–water partition coefficient (Wildman–Crippen LogP) is 5.30. The van der Waals surface area contributed by atoms with Gasteiger partial charge in [-0.2, -0.15) is 0 Å². The summed E-state index contributed by atoms with van der Waals surface area (Å²) < 4.78 is 1.15. The summed E-state index contributed by atoms with van der Waals surface area (Å²) in [6, 6.07) is 15.1. The van der Waals surface area contributed by atoms with Crippen molar-refractivity contribution in [1.29, 1.82) is 0 Å². The van der Waals surface area contributed by atoms with Crippen molar-refractivity contribution in [2.24, 2.45) is 0 Å². The minimum Gasteiger partial charge on any atom is -0.256 e. The molecule has 0 radical (unpaired) electrons. The Balaban J connectivity index is 2.29. The smallest absolute Gasteiger partial charge is 0.0749 e. The van der Waals surface area contributed by atoms with Crippen molar-refractivity contribution in [3.63, 3.8) is 0 Å². The van der Waals surface area contributed by atoms with Crippen LogP contribution < -0.4 is 0 Å². The van der Waals surface area contributed by atoms with Crippen LogP contribution in [0.15, 0.2) is 53.1 Å². The van der Waals surface area contributed by atoms with Gasteiger partial charge in [-0.05, 0) is 34.0 Å². The molecule has 0 fully saturated rings. The van der Waals surface area contributed by atoms with E-state index in [1.807, 2.05) is 12.3 Å². The average Bonchev–Trinajstić information content (AvgIpc) is 2.46. The van der Waals surface area contributed by atoms with Crippen molar-refractivity contribution >= 4 is 26.7 Å². The first-order chi connectivity index (χ1) is 9.60. The SMILES string of the molecule is CC1(C)c2cccnc2-c2cccc3c(Br)ccc1c23. The third-order valence-electron chi connectivity index (χ3n) is 4.40. The molecule has 0 aliphatic heterocycles. The molecule has 1 aliphatic carbocycles. The number of halogens is 1. The number of rotatable bonds is 0. The van der Waals surface area contributed by atoms with Crippen molar-refractivity contribution < 1.29 is 0 Å². The Morgan fingerprint density at radius 2 is 1.80 bits per heavy atom. The van der Waals surface area contributed by atoms with Gasteiger partial charge < -0.3 is 0 Å². The monoisotopic (exact) mass is 323 g/mol. The van der Waals surface area contributed by atoms with E-state index in [1.54, 1.807) is 0 Å². The normalized spacial score (nSPS) is 15.2.